The second-order valence-electron chi connectivity index (χ2n) is 5.34. The average Bonchev–Trinajstić information content (AvgIpc) is 2.43. The zero-order valence-electron chi connectivity index (χ0n) is 11.9. The van der Waals surface area contributed by atoms with Gasteiger partial charge in [0.05, 0.1) is 16.9 Å². The van der Waals surface area contributed by atoms with Crippen LogP contribution in [-0.2, 0) is 0 Å². The van der Waals surface area contributed by atoms with Crippen LogP contribution in [0.4, 0.5) is 11.4 Å². The minimum atomic E-state index is -0.941. The van der Waals surface area contributed by atoms with Gasteiger partial charge in [-0.2, -0.15) is 0 Å². The zero-order chi connectivity index (χ0) is 14.5. The van der Waals surface area contributed by atoms with Gasteiger partial charge in [-0.3, -0.25) is 0 Å². The molecule has 0 bridgehead atoms. The van der Waals surface area contributed by atoms with E-state index in [-0.39, 0.29) is 5.56 Å². The highest BCUT2D eigenvalue weighted by atomic mass is 16.4. The summed E-state index contributed by atoms with van der Waals surface area (Å²) in [6, 6.07) is 5.30. The summed E-state index contributed by atoms with van der Waals surface area (Å²) >= 11 is 0. The van der Waals surface area contributed by atoms with Crippen molar-refractivity contribution >= 4 is 17.3 Å². The number of anilines is 2. The Morgan fingerprint density at radius 2 is 2.15 bits per heavy atom. The number of nitrogen functional groups attached to an aromatic ring is 1. The molecule has 1 fully saturated rings. The number of carboxylic acids is 1. The molecule has 1 aliphatic rings. The average molecular weight is 277 g/mol. The molecule has 1 aromatic carbocycles. The molecule has 1 saturated heterocycles. The van der Waals surface area contributed by atoms with E-state index in [1.165, 1.54) is 6.42 Å². The summed E-state index contributed by atoms with van der Waals surface area (Å²) in [5.74, 6) is -0.941. The third-order valence-electron chi connectivity index (χ3n) is 3.80. The van der Waals surface area contributed by atoms with Crippen LogP contribution in [0.5, 0.6) is 0 Å². The summed E-state index contributed by atoms with van der Waals surface area (Å²) < 4.78 is 0. The largest absolute Gasteiger partial charge is 0.478 e. The maximum absolute atomic E-state index is 11.2. The summed E-state index contributed by atoms with van der Waals surface area (Å²) in [6.07, 6.45) is 3.22. The summed E-state index contributed by atoms with van der Waals surface area (Å²) in [5.41, 5.74) is 7.23. The van der Waals surface area contributed by atoms with Gasteiger partial charge in [0.2, 0.25) is 0 Å². The first kappa shape index (κ1) is 14.7. The molecule has 2 rings (SSSR count). The molecule has 5 nitrogen and oxygen atoms in total. The number of hydrogen-bond donors (Lipinski definition) is 3. The number of rotatable bonds is 5. The number of para-hydroxylation sites is 1. The van der Waals surface area contributed by atoms with Gasteiger partial charge in [0.1, 0.15) is 0 Å². The smallest absolute Gasteiger partial charge is 0.337 e. The second kappa shape index (κ2) is 6.61. The van der Waals surface area contributed by atoms with Crippen molar-refractivity contribution in [3.63, 3.8) is 0 Å². The van der Waals surface area contributed by atoms with Crippen LogP contribution >= 0.6 is 0 Å². The van der Waals surface area contributed by atoms with Gasteiger partial charge in [-0.25, -0.2) is 4.79 Å². The lowest BCUT2D eigenvalue weighted by molar-refractivity contribution is 0.0698. The van der Waals surface area contributed by atoms with E-state index in [2.05, 4.69) is 17.1 Å². The fourth-order valence-corrected chi connectivity index (χ4v) is 2.73. The van der Waals surface area contributed by atoms with Crippen LogP contribution in [0.15, 0.2) is 18.2 Å². The number of carboxylic acid groups (broad SMARTS) is 1. The van der Waals surface area contributed by atoms with Crippen molar-refractivity contribution in [3.8, 4) is 0 Å². The molecule has 1 aromatic rings. The van der Waals surface area contributed by atoms with E-state index in [1.54, 1.807) is 18.2 Å². The maximum Gasteiger partial charge on any atom is 0.337 e. The number of benzene rings is 1. The third kappa shape index (κ3) is 3.42. The van der Waals surface area contributed by atoms with Crippen molar-refractivity contribution in [2.24, 2.45) is 0 Å². The molecular weight excluding hydrogens is 254 g/mol. The lowest BCUT2D eigenvalue weighted by Crippen LogP contribution is -2.39. The molecule has 0 atom stereocenters. The molecule has 1 aliphatic heterocycles. The van der Waals surface area contributed by atoms with Gasteiger partial charge in [0.15, 0.2) is 0 Å². The van der Waals surface area contributed by atoms with Crippen LogP contribution in [0, 0.1) is 0 Å². The number of carbonyl (C=O) groups is 1. The summed E-state index contributed by atoms with van der Waals surface area (Å²) in [6.45, 7) is 5.44. The van der Waals surface area contributed by atoms with Crippen LogP contribution in [0.25, 0.3) is 0 Å². The van der Waals surface area contributed by atoms with Crippen LogP contribution in [0.2, 0.25) is 0 Å². The number of aromatic carboxylic acids is 1. The number of nitrogens with two attached hydrogens (primary N) is 1. The van der Waals surface area contributed by atoms with E-state index in [0.717, 1.165) is 32.5 Å². The topological polar surface area (TPSA) is 78.6 Å². The predicted octanol–water partition coefficient (Wildman–Crippen LogP) is 2.25. The van der Waals surface area contributed by atoms with Crippen LogP contribution in [0.1, 0.15) is 36.5 Å². The molecule has 5 heteroatoms. The molecule has 1 heterocycles. The molecule has 0 radical (unpaired) electrons. The SMILES string of the molecule is CCCN1CCC(Nc2c(N)cccc2C(=O)O)CC1. The van der Waals surface area contributed by atoms with Gasteiger partial charge in [-0.1, -0.05) is 13.0 Å². The van der Waals surface area contributed by atoms with E-state index < -0.39 is 5.97 Å². The Morgan fingerprint density at radius 1 is 1.45 bits per heavy atom. The predicted molar refractivity (Wildman–Crippen MR) is 81.2 cm³/mol. The van der Waals surface area contributed by atoms with Gasteiger partial charge in [-0.15, -0.1) is 0 Å². The molecule has 0 aliphatic carbocycles. The Morgan fingerprint density at radius 3 is 2.75 bits per heavy atom. The summed E-state index contributed by atoms with van der Waals surface area (Å²) in [5, 5.41) is 12.6. The number of hydrogen-bond acceptors (Lipinski definition) is 4. The highest BCUT2D eigenvalue weighted by Crippen LogP contribution is 2.26. The molecule has 0 amide bonds. The van der Waals surface area contributed by atoms with Crippen molar-refractivity contribution in [1.29, 1.82) is 0 Å². The zero-order valence-corrected chi connectivity index (χ0v) is 11.9. The Kier molecular flexibility index (Phi) is 4.84. The van der Waals surface area contributed by atoms with Crippen molar-refractivity contribution in [2.75, 3.05) is 30.7 Å². The number of nitrogens with one attached hydrogen (secondary N) is 1. The second-order valence-corrected chi connectivity index (χ2v) is 5.34. The van der Waals surface area contributed by atoms with Crippen LogP contribution in [0.3, 0.4) is 0 Å². The van der Waals surface area contributed by atoms with E-state index in [9.17, 15) is 9.90 Å². The molecule has 0 spiro atoms. The van der Waals surface area contributed by atoms with Crippen molar-refractivity contribution in [2.45, 2.75) is 32.2 Å². The van der Waals surface area contributed by atoms with Crippen LogP contribution < -0.4 is 11.1 Å². The highest BCUT2D eigenvalue weighted by Gasteiger charge is 2.21. The van der Waals surface area contributed by atoms with Crippen molar-refractivity contribution in [1.82, 2.24) is 4.90 Å². The Balaban J connectivity index is 2.03. The molecule has 0 saturated carbocycles. The van der Waals surface area contributed by atoms with Crippen molar-refractivity contribution in [3.05, 3.63) is 23.8 Å². The number of nitrogens with zero attached hydrogens (tertiary/aromatic N) is 1. The standard InChI is InChI=1S/C15H23N3O2/c1-2-8-18-9-6-11(7-10-18)17-14-12(15(19)20)4-3-5-13(14)16/h3-5,11,17H,2,6-10,16H2,1H3,(H,19,20). The number of likely N-dealkylation sites (tertiary alicyclic amines) is 1. The Hall–Kier alpha value is -1.75. The first-order chi connectivity index (χ1) is 9.61. The molecule has 0 unspecified atom stereocenters. The van der Waals surface area contributed by atoms with E-state index >= 15 is 0 Å². The first-order valence-electron chi connectivity index (χ1n) is 7.22. The molecule has 20 heavy (non-hydrogen) atoms. The van der Waals surface area contributed by atoms with Gasteiger partial charge in [-0.05, 0) is 37.9 Å². The Labute approximate surface area is 119 Å². The molecular formula is C15H23N3O2. The Bertz CT molecular complexity index is 468. The van der Waals surface area contributed by atoms with Gasteiger partial charge in [0, 0.05) is 19.1 Å². The first-order valence-corrected chi connectivity index (χ1v) is 7.22. The van der Waals surface area contributed by atoms with Gasteiger partial charge < -0.3 is 21.1 Å². The van der Waals surface area contributed by atoms with E-state index in [1.807, 2.05) is 0 Å². The van der Waals surface area contributed by atoms with Gasteiger partial charge in [0.25, 0.3) is 0 Å². The normalized spacial score (nSPS) is 17.1. The summed E-state index contributed by atoms with van der Waals surface area (Å²) in [7, 11) is 0. The monoisotopic (exact) mass is 277 g/mol. The number of piperidine rings is 1. The van der Waals surface area contributed by atoms with Crippen LogP contribution in [-0.4, -0.2) is 41.7 Å². The molecule has 0 aromatic heterocycles. The van der Waals surface area contributed by atoms with Gasteiger partial charge >= 0.3 is 5.97 Å². The lowest BCUT2D eigenvalue weighted by atomic mass is 10.0. The molecule has 4 N–H and O–H groups in total. The van der Waals surface area contributed by atoms with E-state index in [4.69, 9.17) is 5.73 Å². The minimum Gasteiger partial charge on any atom is -0.478 e. The fraction of sp³-hybridized carbons (Fsp3) is 0.533. The minimum absolute atomic E-state index is 0.251. The van der Waals surface area contributed by atoms with Crippen molar-refractivity contribution < 1.29 is 9.90 Å². The fourth-order valence-electron chi connectivity index (χ4n) is 2.73. The highest BCUT2D eigenvalue weighted by molar-refractivity contribution is 5.97. The third-order valence-corrected chi connectivity index (χ3v) is 3.80. The summed E-state index contributed by atoms with van der Waals surface area (Å²) in [4.78, 5) is 13.7. The van der Waals surface area contributed by atoms with E-state index in [0.29, 0.717) is 17.4 Å². The quantitative estimate of drug-likeness (QED) is 0.719. The maximum atomic E-state index is 11.2. The lowest BCUT2D eigenvalue weighted by Gasteiger charge is -2.33. The molecule has 110 valence electrons.